The fourth-order valence-corrected chi connectivity index (χ4v) is 7.45. The van der Waals surface area contributed by atoms with Crippen LogP contribution in [-0.2, 0) is 14.3 Å². The molecule has 6 nitrogen and oxygen atoms in total. The molecule has 6 heteroatoms. The van der Waals surface area contributed by atoms with Crippen LogP contribution < -0.4 is 5.32 Å². The minimum absolute atomic E-state index is 0.0606. The number of aliphatic hydroxyl groups excluding tert-OH is 2. The van der Waals surface area contributed by atoms with Crippen LogP contribution in [0.4, 0.5) is 0 Å². The largest absolute Gasteiger partial charge is 0.462 e. The first-order chi connectivity index (χ1) is 29.0. The van der Waals surface area contributed by atoms with Crippen molar-refractivity contribution in [2.75, 3.05) is 6.61 Å². The summed E-state index contributed by atoms with van der Waals surface area (Å²) in [6.45, 7) is 6.33. The van der Waals surface area contributed by atoms with E-state index in [1.807, 2.05) is 42.5 Å². The molecule has 342 valence electrons. The molecule has 0 fully saturated rings. The zero-order valence-corrected chi connectivity index (χ0v) is 38.9. The zero-order valence-electron chi connectivity index (χ0n) is 38.9. The standard InChI is InChI=1S/C53H95NO5/c1-4-7-10-13-16-19-22-24-26-28-30-33-36-39-42-45-51(56)50(48-55)54-52(57)47-49(44-41-38-35-32-21-18-15-12-9-6-3)59-53(58)46-43-40-37-34-31-29-27-25-23-20-17-14-11-8-5-2/h8,11,14,17,20,23,25,27,29,31,49-51,55-56H,4-7,9-10,12-13,15-16,18-19,21-22,24,26,28,30,32-48H2,1-3H3,(H,54,57)/b11-8+,17-14+,23-20-,27-25-,31-29+. The zero-order chi connectivity index (χ0) is 43.1. The van der Waals surface area contributed by atoms with Gasteiger partial charge >= 0.3 is 5.97 Å². The van der Waals surface area contributed by atoms with Crippen LogP contribution in [0.5, 0.6) is 0 Å². The number of allylic oxidation sites excluding steroid dienone is 10. The fraction of sp³-hybridized carbons (Fsp3) is 0.774. The second kappa shape index (κ2) is 46.6. The van der Waals surface area contributed by atoms with E-state index in [4.69, 9.17) is 4.74 Å². The number of hydrogen-bond donors (Lipinski definition) is 3. The molecule has 0 bridgehead atoms. The maximum atomic E-state index is 13.2. The summed E-state index contributed by atoms with van der Waals surface area (Å²) in [5, 5.41) is 23.7. The third-order valence-corrected chi connectivity index (χ3v) is 11.2. The average molecular weight is 826 g/mol. The molecule has 0 saturated carbocycles. The summed E-state index contributed by atoms with van der Waals surface area (Å²) in [5.41, 5.74) is 0. The highest BCUT2D eigenvalue weighted by Gasteiger charge is 2.24. The van der Waals surface area contributed by atoms with Gasteiger partial charge in [0.25, 0.3) is 0 Å². The first kappa shape index (κ1) is 56.6. The maximum Gasteiger partial charge on any atom is 0.306 e. The number of hydrogen-bond acceptors (Lipinski definition) is 5. The molecule has 0 spiro atoms. The molecule has 0 aliphatic rings. The van der Waals surface area contributed by atoms with E-state index in [1.165, 1.54) is 122 Å². The van der Waals surface area contributed by atoms with E-state index in [1.54, 1.807) is 0 Å². The van der Waals surface area contributed by atoms with Crippen molar-refractivity contribution in [3.05, 3.63) is 60.8 Å². The van der Waals surface area contributed by atoms with Crippen LogP contribution in [0.25, 0.3) is 0 Å². The van der Waals surface area contributed by atoms with Crippen molar-refractivity contribution in [3.8, 4) is 0 Å². The van der Waals surface area contributed by atoms with Gasteiger partial charge in [-0.1, -0.05) is 242 Å². The van der Waals surface area contributed by atoms with Gasteiger partial charge in [0.05, 0.1) is 25.2 Å². The second-order valence-electron chi connectivity index (χ2n) is 17.0. The molecule has 0 aromatic carbocycles. The highest BCUT2D eigenvalue weighted by molar-refractivity contribution is 5.77. The summed E-state index contributed by atoms with van der Waals surface area (Å²) in [7, 11) is 0. The quantitative estimate of drug-likeness (QED) is 0.0323. The Morgan fingerprint density at radius 1 is 0.508 bits per heavy atom. The fourth-order valence-electron chi connectivity index (χ4n) is 7.45. The summed E-state index contributed by atoms with van der Waals surface area (Å²) in [5.74, 6) is -0.521. The lowest BCUT2D eigenvalue weighted by Gasteiger charge is -2.24. The number of aliphatic hydroxyl groups is 2. The first-order valence-electron chi connectivity index (χ1n) is 25.1. The van der Waals surface area contributed by atoms with Crippen molar-refractivity contribution < 1.29 is 24.5 Å². The molecular weight excluding hydrogens is 731 g/mol. The lowest BCUT2D eigenvalue weighted by atomic mass is 10.0. The van der Waals surface area contributed by atoms with Gasteiger partial charge in [0.2, 0.25) is 5.91 Å². The summed E-state index contributed by atoms with van der Waals surface area (Å²) >= 11 is 0. The third kappa shape index (κ3) is 42.1. The Bertz CT molecular complexity index is 1060. The molecular formula is C53H95NO5. The molecule has 1 amide bonds. The van der Waals surface area contributed by atoms with E-state index in [0.717, 1.165) is 70.6 Å². The molecule has 59 heavy (non-hydrogen) atoms. The van der Waals surface area contributed by atoms with Gasteiger partial charge in [0.15, 0.2) is 0 Å². The molecule has 0 aromatic rings. The number of carbonyl (C=O) groups excluding carboxylic acids is 2. The summed E-state index contributed by atoms with van der Waals surface area (Å²) in [4.78, 5) is 26.1. The lowest BCUT2D eigenvalue weighted by molar-refractivity contribution is -0.151. The van der Waals surface area contributed by atoms with Crippen molar-refractivity contribution in [1.29, 1.82) is 0 Å². The van der Waals surface area contributed by atoms with E-state index in [2.05, 4.69) is 44.3 Å². The molecule has 0 rings (SSSR count). The van der Waals surface area contributed by atoms with E-state index < -0.39 is 18.2 Å². The van der Waals surface area contributed by atoms with Crippen molar-refractivity contribution in [1.82, 2.24) is 5.32 Å². The Morgan fingerprint density at radius 3 is 1.37 bits per heavy atom. The number of esters is 1. The Balaban J connectivity index is 4.57. The van der Waals surface area contributed by atoms with Gasteiger partial charge in [-0.25, -0.2) is 0 Å². The summed E-state index contributed by atoms with van der Waals surface area (Å²) in [6, 6.07) is -0.709. The van der Waals surface area contributed by atoms with Gasteiger partial charge in [-0.05, 0) is 44.9 Å². The molecule has 0 radical (unpaired) electrons. The Labute approximate surface area is 365 Å². The first-order valence-corrected chi connectivity index (χ1v) is 25.1. The molecule has 0 saturated heterocycles. The van der Waals surface area contributed by atoms with Gasteiger partial charge in [0, 0.05) is 6.42 Å². The molecule has 3 N–H and O–H groups in total. The number of ether oxygens (including phenoxy) is 1. The van der Waals surface area contributed by atoms with Crippen molar-refractivity contribution in [3.63, 3.8) is 0 Å². The van der Waals surface area contributed by atoms with Crippen LogP contribution in [0.2, 0.25) is 0 Å². The number of rotatable bonds is 44. The SMILES string of the molecule is CC/C=C/C=C/C=C\C=C/C=C/CCCCCC(=O)OC(CCCCCCCCCCCC)CC(=O)NC(CO)C(O)CCCCCCCCCCCCCCCCC. The molecule has 3 atom stereocenters. The monoisotopic (exact) mass is 826 g/mol. The van der Waals surface area contributed by atoms with Gasteiger partial charge in [-0.3, -0.25) is 9.59 Å². The number of amides is 1. The molecule has 3 unspecified atom stereocenters. The Kier molecular flexibility index (Phi) is 44.7. The highest BCUT2D eigenvalue weighted by Crippen LogP contribution is 2.18. The minimum Gasteiger partial charge on any atom is -0.462 e. The number of nitrogens with one attached hydrogen (secondary N) is 1. The van der Waals surface area contributed by atoms with Gasteiger partial charge in [0.1, 0.15) is 6.10 Å². The van der Waals surface area contributed by atoms with Crippen LogP contribution in [0.3, 0.4) is 0 Å². The molecule has 0 aromatic heterocycles. The number of carbonyl (C=O) groups is 2. The Hall–Kier alpha value is -2.44. The van der Waals surface area contributed by atoms with E-state index in [9.17, 15) is 19.8 Å². The average Bonchev–Trinajstić information content (AvgIpc) is 3.23. The van der Waals surface area contributed by atoms with Crippen LogP contribution in [0, 0.1) is 0 Å². The molecule has 0 aliphatic carbocycles. The summed E-state index contributed by atoms with van der Waals surface area (Å²) in [6.07, 6.45) is 57.1. The van der Waals surface area contributed by atoms with E-state index in [-0.39, 0.29) is 24.9 Å². The topological polar surface area (TPSA) is 95.9 Å². The minimum atomic E-state index is -0.794. The van der Waals surface area contributed by atoms with Crippen LogP contribution in [-0.4, -0.2) is 46.9 Å². The second-order valence-corrected chi connectivity index (χ2v) is 17.0. The van der Waals surface area contributed by atoms with Gasteiger partial charge < -0.3 is 20.3 Å². The highest BCUT2D eigenvalue weighted by atomic mass is 16.5. The van der Waals surface area contributed by atoms with Crippen LogP contribution >= 0.6 is 0 Å². The maximum absolute atomic E-state index is 13.2. The van der Waals surface area contributed by atoms with E-state index in [0.29, 0.717) is 19.3 Å². The van der Waals surface area contributed by atoms with E-state index >= 15 is 0 Å². The molecule has 0 aliphatic heterocycles. The smallest absolute Gasteiger partial charge is 0.306 e. The van der Waals surface area contributed by atoms with Crippen LogP contribution in [0.15, 0.2) is 60.8 Å². The predicted octanol–water partition coefficient (Wildman–Crippen LogP) is 14.8. The molecule has 0 heterocycles. The lowest BCUT2D eigenvalue weighted by Crippen LogP contribution is -2.46. The normalized spacial score (nSPS) is 13.8. The summed E-state index contributed by atoms with van der Waals surface area (Å²) < 4.78 is 5.90. The van der Waals surface area contributed by atoms with Gasteiger partial charge in [-0.15, -0.1) is 0 Å². The van der Waals surface area contributed by atoms with Crippen LogP contribution in [0.1, 0.15) is 239 Å². The third-order valence-electron chi connectivity index (χ3n) is 11.2. The van der Waals surface area contributed by atoms with Gasteiger partial charge in [-0.2, -0.15) is 0 Å². The van der Waals surface area contributed by atoms with Crippen molar-refractivity contribution >= 4 is 11.9 Å². The van der Waals surface area contributed by atoms with Crippen molar-refractivity contribution in [2.24, 2.45) is 0 Å². The Morgan fingerprint density at radius 2 is 0.915 bits per heavy atom. The predicted molar refractivity (Wildman–Crippen MR) is 255 cm³/mol. The van der Waals surface area contributed by atoms with Crippen molar-refractivity contribution in [2.45, 2.75) is 257 Å². The number of unbranched alkanes of at least 4 members (excludes halogenated alkanes) is 26.